The number of quaternary nitrogens is 1. The number of hydrogen-bond acceptors (Lipinski definition) is 2. The first-order valence-corrected chi connectivity index (χ1v) is 5.28. The first kappa shape index (κ1) is 15.6. The highest BCUT2D eigenvalue weighted by atomic mass is 32.3. The summed E-state index contributed by atoms with van der Waals surface area (Å²) in [6, 6.07) is 0. The van der Waals surface area contributed by atoms with Crippen molar-refractivity contribution in [3.05, 3.63) is 0 Å². The molecular formula is C5H18N4O4S+2. The minimum absolute atomic E-state index is 0.305. The van der Waals surface area contributed by atoms with Gasteiger partial charge in [0, 0.05) is 0 Å². The molecule has 8 nitrogen and oxygen atoms in total. The third kappa shape index (κ3) is 43.5. The first-order valence-electron chi connectivity index (χ1n) is 3.88. The fourth-order valence-corrected chi connectivity index (χ4v) is 0.535. The van der Waals surface area contributed by atoms with Crippen LogP contribution in [0.15, 0.2) is 0 Å². The Morgan fingerprint density at radius 2 is 1.71 bits per heavy atom. The van der Waals surface area contributed by atoms with Crippen LogP contribution in [0.1, 0.15) is 12.8 Å². The Labute approximate surface area is 82.8 Å². The maximum absolute atomic E-state index is 8.74. The van der Waals surface area contributed by atoms with Crippen LogP contribution in [0, 0.1) is 0 Å². The zero-order valence-electron chi connectivity index (χ0n) is 7.81. The lowest BCUT2D eigenvalue weighted by Crippen LogP contribution is -2.78. The number of nitrogens with one attached hydrogen (secondary N) is 1. The molecular weight excluding hydrogens is 212 g/mol. The van der Waals surface area contributed by atoms with Crippen LogP contribution in [0.3, 0.4) is 0 Å². The van der Waals surface area contributed by atoms with Crippen LogP contribution in [0.4, 0.5) is 0 Å². The quantitative estimate of drug-likeness (QED) is 0.123. The van der Waals surface area contributed by atoms with Gasteiger partial charge in [-0.15, -0.1) is 0 Å². The van der Waals surface area contributed by atoms with Crippen molar-refractivity contribution in [3.63, 3.8) is 0 Å². The Morgan fingerprint density at radius 1 is 1.29 bits per heavy atom. The van der Waals surface area contributed by atoms with Gasteiger partial charge in [-0.1, -0.05) is 0 Å². The summed E-state index contributed by atoms with van der Waals surface area (Å²) in [5.74, 6) is 0.305. The maximum Gasteiger partial charge on any atom is 0.394 e. The van der Waals surface area contributed by atoms with Gasteiger partial charge in [-0.05, 0) is 12.8 Å². The van der Waals surface area contributed by atoms with Gasteiger partial charge in [0.25, 0.3) is 0 Å². The van der Waals surface area contributed by atoms with Gasteiger partial charge in [-0.2, -0.15) is 8.42 Å². The number of nitrogens with two attached hydrogens (primary N) is 2. The van der Waals surface area contributed by atoms with E-state index in [9.17, 15) is 0 Å². The largest absolute Gasteiger partial charge is 0.394 e. The normalized spacial score (nSPS) is 9.93. The molecule has 0 rings (SSSR count). The van der Waals surface area contributed by atoms with Crippen molar-refractivity contribution < 1.29 is 28.2 Å². The fraction of sp³-hybridized carbons (Fsp3) is 0.800. The van der Waals surface area contributed by atoms with Crippen molar-refractivity contribution in [2.24, 2.45) is 11.5 Å². The number of rotatable bonds is 4. The lowest BCUT2D eigenvalue weighted by molar-refractivity contribution is -0.461. The van der Waals surface area contributed by atoms with E-state index < -0.39 is 10.4 Å². The summed E-state index contributed by atoms with van der Waals surface area (Å²) >= 11 is 0. The number of guanidine groups is 1. The first-order chi connectivity index (χ1) is 6.27. The smallest absolute Gasteiger partial charge is 0.358 e. The van der Waals surface area contributed by atoms with Crippen LogP contribution >= 0.6 is 0 Å². The molecule has 0 aliphatic heterocycles. The molecule has 0 heterocycles. The van der Waals surface area contributed by atoms with Crippen molar-refractivity contribution in [1.82, 2.24) is 0 Å². The highest BCUT2D eigenvalue weighted by Crippen LogP contribution is 1.75. The highest BCUT2D eigenvalue weighted by Gasteiger charge is 1.87. The average Bonchev–Trinajstić information content (AvgIpc) is 1.94. The van der Waals surface area contributed by atoms with Crippen LogP contribution in [0.2, 0.25) is 0 Å². The molecule has 0 aromatic heterocycles. The van der Waals surface area contributed by atoms with Gasteiger partial charge in [0.2, 0.25) is 0 Å². The molecule has 0 aliphatic rings. The molecule has 14 heavy (non-hydrogen) atoms. The van der Waals surface area contributed by atoms with Crippen LogP contribution in [-0.2, 0) is 10.4 Å². The van der Waals surface area contributed by atoms with Gasteiger partial charge in [0.15, 0.2) is 0 Å². The van der Waals surface area contributed by atoms with Crippen LogP contribution in [-0.4, -0.2) is 36.6 Å². The van der Waals surface area contributed by atoms with Gasteiger partial charge < -0.3 is 5.73 Å². The molecule has 9 heteroatoms. The molecule has 0 aromatic rings. The molecule has 86 valence electrons. The van der Waals surface area contributed by atoms with E-state index in [1.54, 1.807) is 0 Å². The van der Waals surface area contributed by atoms with Crippen LogP contribution in [0.5, 0.6) is 0 Å². The number of unbranched alkanes of at least 4 members (excludes halogenated alkanes) is 1. The predicted octanol–water partition coefficient (Wildman–Crippen LogP) is -4.29. The maximum atomic E-state index is 8.74. The Morgan fingerprint density at radius 3 is 2.00 bits per heavy atom. The summed E-state index contributed by atoms with van der Waals surface area (Å²) in [6.07, 6.45) is 2.21. The van der Waals surface area contributed by atoms with E-state index in [1.165, 1.54) is 0 Å². The van der Waals surface area contributed by atoms with E-state index in [2.05, 4.69) is 10.7 Å². The molecule has 0 fully saturated rings. The van der Waals surface area contributed by atoms with Gasteiger partial charge >= 0.3 is 16.4 Å². The Hall–Kier alpha value is -0.900. The Bertz CT molecular complexity index is 238. The molecule has 0 spiro atoms. The molecule has 0 unspecified atom stereocenters. The summed E-state index contributed by atoms with van der Waals surface area (Å²) in [7, 11) is -4.67. The topological polar surface area (TPSA) is 168 Å². The van der Waals surface area contributed by atoms with E-state index in [4.69, 9.17) is 29.0 Å². The summed E-state index contributed by atoms with van der Waals surface area (Å²) in [4.78, 5) is 2.82. The molecule has 0 radical (unpaired) electrons. The van der Waals surface area contributed by atoms with E-state index in [0.29, 0.717) is 5.96 Å². The monoisotopic (exact) mass is 230 g/mol. The lowest BCUT2D eigenvalue weighted by atomic mass is 10.3. The molecule has 0 bridgehead atoms. The second kappa shape index (κ2) is 8.69. The summed E-state index contributed by atoms with van der Waals surface area (Å²) in [5.41, 5.74) is 14.0. The van der Waals surface area contributed by atoms with Gasteiger partial charge in [0.05, 0.1) is 13.1 Å². The van der Waals surface area contributed by atoms with Gasteiger partial charge in [-0.25, -0.2) is 0 Å². The molecule has 0 aliphatic carbocycles. The SMILES string of the molecule is NC(N)=[NH+]CCCC[NH3+].O=S(=O)(O)O. The zero-order valence-corrected chi connectivity index (χ0v) is 8.63. The van der Waals surface area contributed by atoms with Crippen molar-refractivity contribution in [2.75, 3.05) is 13.1 Å². The molecule has 0 saturated carbocycles. The summed E-state index contributed by atoms with van der Waals surface area (Å²) in [6.45, 7) is 1.84. The van der Waals surface area contributed by atoms with Crippen molar-refractivity contribution in [1.29, 1.82) is 0 Å². The van der Waals surface area contributed by atoms with Crippen LogP contribution in [0.25, 0.3) is 0 Å². The summed E-state index contributed by atoms with van der Waals surface area (Å²) < 4.78 is 31.6. The van der Waals surface area contributed by atoms with E-state index in [1.807, 2.05) is 0 Å². The van der Waals surface area contributed by atoms with Crippen molar-refractivity contribution >= 4 is 16.4 Å². The zero-order chi connectivity index (χ0) is 11.6. The minimum Gasteiger partial charge on any atom is -0.358 e. The second-order valence-corrected chi connectivity index (χ2v) is 3.29. The standard InChI is InChI=1S/C5H14N4.H2O4S/c6-3-1-2-4-9-5(7)8;1-5(2,3)4/h1-4,6H2,(H4,7,8,9);(H2,1,2,3,4)/p+2. The summed E-state index contributed by atoms with van der Waals surface area (Å²) in [5, 5.41) is 0. The third-order valence-corrected chi connectivity index (χ3v) is 1.01. The number of hydrogen-bond donors (Lipinski definition) is 6. The van der Waals surface area contributed by atoms with Gasteiger partial charge in [0.1, 0.15) is 0 Å². The van der Waals surface area contributed by atoms with Crippen molar-refractivity contribution in [2.45, 2.75) is 12.8 Å². The molecule has 0 aromatic carbocycles. The van der Waals surface area contributed by atoms with Crippen LogP contribution < -0.4 is 22.2 Å². The molecule has 10 N–H and O–H groups in total. The van der Waals surface area contributed by atoms with E-state index in [-0.39, 0.29) is 0 Å². The lowest BCUT2D eigenvalue weighted by Gasteiger charge is -1.88. The molecule has 0 atom stereocenters. The van der Waals surface area contributed by atoms with E-state index in [0.717, 1.165) is 25.9 Å². The second-order valence-electron chi connectivity index (χ2n) is 2.39. The Balaban J connectivity index is 0. The highest BCUT2D eigenvalue weighted by molar-refractivity contribution is 7.79. The molecule has 0 saturated heterocycles. The fourth-order valence-electron chi connectivity index (χ4n) is 0.535. The van der Waals surface area contributed by atoms with E-state index >= 15 is 0 Å². The molecule has 0 amide bonds. The predicted molar refractivity (Wildman–Crippen MR) is 50.4 cm³/mol. The minimum atomic E-state index is -4.67. The average molecular weight is 230 g/mol. The van der Waals surface area contributed by atoms with Crippen molar-refractivity contribution in [3.8, 4) is 0 Å². The third-order valence-electron chi connectivity index (χ3n) is 1.01. The Kier molecular flexibility index (Phi) is 9.66. The van der Waals surface area contributed by atoms with Gasteiger partial charge in [-0.3, -0.25) is 25.6 Å².